The first-order valence-electron chi connectivity index (χ1n) is 5.87. The number of nitrogens with one attached hydrogen (secondary N) is 1. The van der Waals surface area contributed by atoms with Gasteiger partial charge in [0.25, 0.3) is 0 Å². The van der Waals surface area contributed by atoms with Crippen LogP contribution in [-0.4, -0.2) is 31.1 Å². The predicted molar refractivity (Wildman–Crippen MR) is 64.1 cm³/mol. The molecule has 1 fully saturated rings. The third kappa shape index (κ3) is 3.56. The van der Waals surface area contributed by atoms with E-state index in [0.29, 0.717) is 0 Å². The van der Waals surface area contributed by atoms with Gasteiger partial charge < -0.3 is 10.2 Å². The van der Waals surface area contributed by atoms with Gasteiger partial charge >= 0.3 is 0 Å². The van der Waals surface area contributed by atoms with Gasteiger partial charge in [-0.05, 0) is 44.1 Å². The van der Waals surface area contributed by atoms with Crippen LogP contribution in [0, 0.1) is 6.07 Å². The van der Waals surface area contributed by atoms with Crippen molar-refractivity contribution in [2.75, 3.05) is 31.5 Å². The van der Waals surface area contributed by atoms with Gasteiger partial charge in [0.1, 0.15) is 0 Å². The Labute approximate surface area is 92.3 Å². The van der Waals surface area contributed by atoms with Crippen molar-refractivity contribution in [3.8, 4) is 0 Å². The Balaban J connectivity index is 1.66. The molecule has 2 rings (SSSR count). The molecule has 15 heavy (non-hydrogen) atoms. The molecule has 2 heteroatoms. The summed E-state index contributed by atoms with van der Waals surface area (Å²) in [4.78, 5) is 2.54. The van der Waals surface area contributed by atoms with E-state index in [1.165, 1.54) is 38.0 Å². The van der Waals surface area contributed by atoms with Crippen LogP contribution in [0.15, 0.2) is 24.3 Å². The molecule has 0 spiro atoms. The maximum atomic E-state index is 3.42. The van der Waals surface area contributed by atoms with Crippen LogP contribution in [-0.2, 0) is 0 Å². The molecular weight excluding hydrogens is 184 g/mol. The molecular formula is C13H19N2. The molecule has 2 nitrogen and oxygen atoms in total. The molecule has 1 N–H and O–H groups in total. The summed E-state index contributed by atoms with van der Waals surface area (Å²) < 4.78 is 0. The van der Waals surface area contributed by atoms with Crippen molar-refractivity contribution < 1.29 is 0 Å². The number of rotatable bonds is 4. The number of anilines is 1. The summed E-state index contributed by atoms with van der Waals surface area (Å²) in [6.07, 6.45) is 4.16. The predicted octanol–water partition coefficient (Wildman–Crippen LogP) is 2.38. The Bertz CT molecular complexity index is 265. The topological polar surface area (TPSA) is 15.3 Å². The van der Waals surface area contributed by atoms with E-state index < -0.39 is 0 Å². The van der Waals surface area contributed by atoms with Crippen molar-refractivity contribution >= 4 is 5.69 Å². The van der Waals surface area contributed by atoms with E-state index >= 15 is 0 Å². The summed E-state index contributed by atoms with van der Waals surface area (Å²) in [6, 6.07) is 11.1. The summed E-state index contributed by atoms with van der Waals surface area (Å²) >= 11 is 0. The molecule has 0 aromatic heterocycles. The highest BCUT2D eigenvalue weighted by Crippen LogP contribution is 2.08. The second kappa shape index (κ2) is 5.76. The Morgan fingerprint density at radius 3 is 2.87 bits per heavy atom. The molecule has 81 valence electrons. The third-order valence-electron chi connectivity index (χ3n) is 2.91. The van der Waals surface area contributed by atoms with Gasteiger partial charge in [0.05, 0.1) is 0 Å². The average molecular weight is 203 g/mol. The van der Waals surface area contributed by atoms with Crippen LogP contribution in [0.5, 0.6) is 0 Å². The highest BCUT2D eigenvalue weighted by molar-refractivity contribution is 5.41. The number of nitrogens with zero attached hydrogens (tertiary/aromatic N) is 1. The first-order valence-corrected chi connectivity index (χ1v) is 5.87. The van der Waals surface area contributed by atoms with Crippen LogP contribution in [0.3, 0.4) is 0 Å². The molecule has 0 amide bonds. The quantitative estimate of drug-likeness (QED) is 0.808. The van der Waals surface area contributed by atoms with Gasteiger partial charge in [-0.1, -0.05) is 18.6 Å². The lowest BCUT2D eigenvalue weighted by Crippen LogP contribution is -2.33. The van der Waals surface area contributed by atoms with Gasteiger partial charge in [-0.15, -0.1) is 0 Å². The van der Waals surface area contributed by atoms with E-state index in [1.807, 2.05) is 18.2 Å². The Morgan fingerprint density at radius 1 is 1.27 bits per heavy atom. The number of likely N-dealkylation sites (tertiary alicyclic amines) is 1. The Morgan fingerprint density at radius 2 is 2.13 bits per heavy atom. The first-order chi connectivity index (χ1) is 7.45. The fourth-order valence-electron chi connectivity index (χ4n) is 2.04. The van der Waals surface area contributed by atoms with E-state index in [0.717, 1.165) is 13.1 Å². The van der Waals surface area contributed by atoms with Crippen molar-refractivity contribution in [2.45, 2.75) is 19.3 Å². The maximum Gasteiger partial charge on any atom is 0.0346 e. The van der Waals surface area contributed by atoms with E-state index in [1.54, 1.807) is 0 Å². The van der Waals surface area contributed by atoms with Crippen molar-refractivity contribution in [1.29, 1.82) is 0 Å². The highest BCUT2D eigenvalue weighted by Gasteiger charge is 2.08. The van der Waals surface area contributed by atoms with E-state index in [9.17, 15) is 0 Å². The van der Waals surface area contributed by atoms with Gasteiger partial charge in [-0.25, -0.2) is 0 Å². The van der Waals surface area contributed by atoms with Crippen LogP contribution in [0.2, 0.25) is 0 Å². The molecule has 1 aromatic rings. The van der Waals surface area contributed by atoms with Crippen LogP contribution < -0.4 is 5.32 Å². The summed E-state index contributed by atoms with van der Waals surface area (Å²) in [5, 5.41) is 3.42. The number of hydrogen-bond donors (Lipinski definition) is 1. The first kappa shape index (κ1) is 10.5. The lowest BCUT2D eigenvalue weighted by molar-refractivity contribution is 0.237. The largest absolute Gasteiger partial charge is 0.384 e. The van der Waals surface area contributed by atoms with E-state index in [4.69, 9.17) is 0 Å². The number of hydrogen-bond acceptors (Lipinski definition) is 2. The lowest BCUT2D eigenvalue weighted by Gasteiger charge is -2.26. The van der Waals surface area contributed by atoms with Crippen molar-refractivity contribution in [2.24, 2.45) is 0 Å². The molecule has 1 aliphatic heterocycles. The molecule has 1 heterocycles. The Hall–Kier alpha value is -1.02. The number of benzene rings is 1. The summed E-state index contributed by atoms with van der Waals surface area (Å²) in [5.74, 6) is 0. The number of piperidine rings is 1. The fourth-order valence-corrected chi connectivity index (χ4v) is 2.04. The Kier molecular flexibility index (Phi) is 4.03. The molecule has 0 atom stereocenters. The normalized spacial score (nSPS) is 17.6. The zero-order valence-corrected chi connectivity index (χ0v) is 9.21. The van der Waals surface area contributed by atoms with E-state index in [2.05, 4.69) is 22.3 Å². The van der Waals surface area contributed by atoms with E-state index in [-0.39, 0.29) is 0 Å². The average Bonchev–Trinajstić information content (AvgIpc) is 2.32. The monoisotopic (exact) mass is 203 g/mol. The fraction of sp³-hybridized carbons (Fsp3) is 0.538. The van der Waals surface area contributed by atoms with Crippen molar-refractivity contribution in [1.82, 2.24) is 4.90 Å². The maximum absolute atomic E-state index is 3.42. The van der Waals surface area contributed by atoms with Gasteiger partial charge in [0.15, 0.2) is 0 Å². The minimum atomic E-state index is 1.04. The second-order valence-corrected chi connectivity index (χ2v) is 4.12. The molecule has 0 unspecified atom stereocenters. The van der Waals surface area contributed by atoms with Crippen molar-refractivity contribution in [3.05, 3.63) is 30.3 Å². The van der Waals surface area contributed by atoms with Gasteiger partial charge in [-0.3, -0.25) is 0 Å². The smallest absolute Gasteiger partial charge is 0.0346 e. The van der Waals surface area contributed by atoms with Crippen LogP contribution in [0.4, 0.5) is 5.69 Å². The molecule has 1 saturated heterocycles. The lowest BCUT2D eigenvalue weighted by atomic mass is 10.1. The minimum Gasteiger partial charge on any atom is -0.384 e. The van der Waals surface area contributed by atoms with Gasteiger partial charge in [0.2, 0.25) is 0 Å². The zero-order valence-electron chi connectivity index (χ0n) is 9.21. The zero-order chi connectivity index (χ0) is 10.3. The molecule has 1 aliphatic rings. The molecule has 1 radical (unpaired) electrons. The van der Waals surface area contributed by atoms with Crippen molar-refractivity contribution in [3.63, 3.8) is 0 Å². The third-order valence-corrected chi connectivity index (χ3v) is 2.91. The van der Waals surface area contributed by atoms with Crippen LogP contribution in [0.1, 0.15) is 19.3 Å². The minimum absolute atomic E-state index is 1.04. The van der Waals surface area contributed by atoms with Gasteiger partial charge in [-0.2, -0.15) is 0 Å². The summed E-state index contributed by atoms with van der Waals surface area (Å²) in [5.41, 5.74) is 1.18. The summed E-state index contributed by atoms with van der Waals surface area (Å²) in [7, 11) is 0. The van der Waals surface area contributed by atoms with Crippen LogP contribution >= 0.6 is 0 Å². The molecule has 1 aromatic carbocycles. The van der Waals surface area contributed by atoms with Gasteiger partial charge in [0, 0.05) is 18.8 Å². The summed E-state index contributed by atoms with van der Waals surface area (Å²) in [6.45, 7) is 4.76. The van der Waals surface area contributed by atoms with Crippen LogP contribution in [0.25, 0.3) is 0 Å². The SMILES string of the molecule is [c]1cccc(NCCN2CCCCC2)c1. The molecule has 0 saturated carbocycles. The molecule has 0 bridgehead atoms. The second-order valence-electron chi connectivity index (χ2n) is 4.12. The molecule has 0 aliphatic carbocycles. The highest BCUT2D eigenvalue weighted by atomic mass is 15.1. The standard InChI is InChI=1S/C13H19N2/c1-3-7-13(8-4-1)14-9-12-15-10-5-2-6-11-15/h1,3,7-8,14H,2,5-6,9-12H2.